The number of hydrogen-bond acceptors (Lipinski definition) is 5. The summed E-state index contributed by atoms with van der Waals surface area (Å²) >= 11 is 0. The fraction of sp³-hybridized carbons (Fsp3) is 0.600. The summed E-state index contributed by atoms with van der Waals surface area (Å²) in [6.45, 7) is 10.2. The molecular formula is C20H30N2O4. The summed E-state index contributed by atoms with van der Waals surface area (Å²) in [6.07, 6.45) is -0.457. The summed E-state index contributed by atoms with van der Waals surface area (Å²) in [7, 11) is 0. The smallest absolute Gasteiger partial charge is 0.407 e. The Balaban J connectivity index is 1.96. The standard InChI is InChI=1S/C20H30N2O4/c1-5-25-18(23)17-14-22(12-15-9-7-6-8-10-15)13-16(17)11-21-19(24)26-20(2,3)4/h6-10,16-17H,5,11-14H2,1-4H3,(H,21,24). The van der Waals surface area contributed by atoms with Crippen LogP contribution in [0.1, 0.15) is 33.3 Å². The van der Waals surface area contributed by atoms with E-state index in [0.29, 0.717) is 19.7 Å². The van der Waals surface area contributed by atoms with Crippen LogP contribution in [0.15, 0.2) is 30.3 Å². The van der Waals surface area contributed by atoms with E-state index in [9.17, 15) is 9.59 Å². The zero-order chi connectivity index (χ0) is 19.2. The van der Waals surface area contributed by atoms with Crippen LogP contribution in [0.4, 0.5) is 4.79 Å². The van der Waals surface area contributed by atoms with Crippen LogP contribution >= 0.6 is 0 Å². The molecule has 0 spiro atoms. The highest BCUT2D eigenvalue weighted by atomic mass is 16.6. The highest BCUT2D eigenvalue weighted by molar-refractivity contribution is 5.74. The molecule has 1 fully saturated rings. The lowest BCUT2D eigenvalue weighted by Gasteiger charge is -2.22. The average Bonchev–Trinajstić information content (AvgIpc) is 2.95. The van der Waals surface area contributed by atoms with Crippen molar-refractivity contribution < 1.29 is 19.1 Å². The van der Waals surface area contributed by atoms with Crippen molar-refractivity contribution in [1.82, 2.24) is 10.2 Å². The molecule has 1 aliphatic heterocycles. The van der Waals surface area contributed by atoms with Crippen molar-refractivity contribution in [3.8, 4) is 0 Å². The number of carbonyl (C=O) groups is 2. The van der Waals surface area contributed by atoms with Gasteiger partial charge in [0.1, 0.15) is 5.60 Å². The van der Waals surface area contributed by atoms with E-state index in [1.165, 1.54) is 5.56 Å². The van der Waals surface area contributed by atoms with Gasteiger partial charge in [0.25, 0.3) is 0 Å². The van der Waals surface area contributed by atoms with Gasteiger partial charge in [-0.15, -0.1) is 0 Å². The Morgan fingerprint density at radius 2 is 1.88 bits per heavy atom. The molecule has 144 valence electrons. The molecule has 0 aromatic heterocycles. The van der Waals surface area contributed by atoms with Crippen LogP contribution < -0.4 is 5.32 Å². The summed E-state index contributed by atoms with van der Waals surface area (Å²) in [6, 6.07) is 10.2. The zero-order valence-corrected chi connectivity index (χ0v) is 16.2. The second-order valence-corrected chi connectivity index (χ2v) is 7.68. The lowest BCUT2D eigenvalue weighted by molar-refractivity contribution is -0.148. The Hall–Kier alpha value is -2.08. The van der Waals surface area contributed by atoms with Crippen molar-refractivity contribution in [2.75, 3.05) is 26.2 Å². The lowest BCUT2D eigenvalue weighted by atomic mass is 9.96. The van der Waals surface area contributed by atoms with Crippen molar-refractivity contribution in [3.05, 3.63) is 35.9 Å². The quantitative estimate of drug-likeness (QED) is 0.788. The largest absolute Gasteiger partial charge is 0.466 e. The summed E-state index contributed by atoms with van der Waals surface area (Å²) in [5.41, 5.74) is 0.662. The first-order chi connectivity index (χ1) is 12.3. The van der Waals surface area contributed by atoms with E-state index in [1.54, 1.807) is 0 Å². The van der Waals surface area contributed by atoms with Gasteiger partial charge in [-0.2, -0.15) is 0 Å². The van der Waals surface area contributed by atoms with E-state index >= 15 is 0 Å². The third-order valence-electron chi connectivity index (χ3n) is 4.26. The third-order valence-corrected chi connectivity index (χ3v) is 4.26. The number of rotatable bonds is 6. The van der Waals surface area contributed by atoms with Gasteiger partial charge in [-0.05, 0) is 33.3 Å². The van der Waals surface area contributed by atoms with Gasteiger partial charge >= 0.3 is 12.1 Å². The van der Waals surface area contributed by atoms with Gasteiger partial charge in [-0.1, -0.05) is 30.3 Å². The van der Waals surface area contributed by atoms with E-state index in [4.69, 9.17) is 9.47 Å². The van der Waals surface area contributed by atoms with Crippen molar-refractivity contribution in [1.29, 1.82) is 0 Å². The van der Waals surface area contributed by atoms with Crippen LogP contribution in [0, 0.1) is 11.8 Å². The van der Waals surface area contributed by atoms with Gasteiger partial charge in [-0.25, -0.2) is 4.79 Å². The number of alkyl carbamates (subject to hydrolysis) is 1. The van der Waals surface area contributed by atoms with Crippen molar-refractivity contribution >= 4 is 12.1 Å². The maximum absolute atomic E-state index is 12.3. The molecule has 0 radical (unpaired) electrons. The summed E-state index contributed by atoms with van der Waals surface area (Å²) < 4.78 is 10.5. The Labute approximate surface area is 155 Å². The highest BCUT2D eigenvalue weighted by Crippen LogP contribution is 2.26. The third kappa shape index (κ3) is 6.33. The van der Waals surface area contributed by atoms with Crippen LogP contribution in [0.5, 0.6) is 0 Å². The van der Waals surface area contributed by atoms with Crippen LogP contribution in [0.2, 0.25) is 0 Å². The van der Waals surface area contributed by atoms with E-state index < -0.39 is 11.7 Å². The first kappa shape index (κ1) is 20.2. The van der Waals surface area contributed by atoms with Crippen molar-refractivity contribution in [3.63, 3.8) is 0 Å². The second-order valence-electron chi connectivity index (χ2n) is 7.68. The van der Waals surface area contributed by atoms with Crippen LogP contribution in [0.25, 0.3) is 0 Å². The molecule has 0 aliphatic carbocycles. The normalized spacial score (nSPS) is 20.6. The Bertz CT molecular complexity index is 598. The first-order valence-corrected chi connectivity index (χ1v) is 9.18. The van der Waals surface area contributed by atoms with Gasteiger partial charge in [0.05, 0.1) is 12.5 Å². The summed E-state index contributed by atoms with van der Waals surface area (Å²) in [5.74, 6) is -0.432. The molecule has 2 atom stereocenters. The summed E-state index contributed by atoms with van der Waals surface area (Å²) in [4.78, 5) is 26.5. The fourth-order valence-electron chi connectivity index (χ4n) is 3.18. The zero-order valence-electron chi connectivity index (χ0n) is 16.2. The number of hydrogen-bond donors (Lipinski definition) is 1. The monoisotopic (exact) mass is 362 g/mol. The number of amides is 1. The number of esters is 1. The minimum Gasteiger partial charge on any atom is -0.466 e. The van der Waals surface area contributed by atoms with E-state index in [1.807, 2.05) is 45.9 Å². The van der Waals surface area contributed by atoms with Crippen LogP contribution in [-0.4, -0.2) is 48.8 Å². The van der Waals surface area contributed by atoms with E-state index in [0.717, 1.165) is 13.1 Å². The van der Waals surface area contributed by atoms with Gasteiger partial charge in [0.2, 0.25) is 0 Å². The molecule has 2 rings (SSSR count). The topological polar surface area (TPSA) is 67.9 Å². The van der Waals surface area contributed by atoms with Gasteiger partial charge < -0.3 is 14.8 Å². The number of nitrogens with one attached hydrogen (secondary N) is 1. The molecule has 1 N–H and O–H groups in total. The van der Waals surface area contributed by atoms with Crippen molar-refractivity contribution in [2.45, 2.75) is 39.8 Å². The Morgan fingerprint density at radius 1 is 1.19 bits per heavy atom. The predicted octanol–water partition coefficient (Wildman–Crippen LogP) is 2.82. The van der Waals surface area contributed by atoms with Crippen LogP contribution in [-0.2, 0) is 20.8 Å². The number of carbonyl (C=O) groups excluding carboxylic acids is 2. The number of nitrogens with zero attached hydrogens (tertiary/aromatic N) is 1. The number of ether oxygens (including phenoxy) is 2. The second kappa shape index (κ2) is 9.03. The molecule has 1 aromatic carbocycles. The minimum absolute atomic E-state index is 0.00489. The SMILES string of the molecule is CCOC(=O)C1CN(Cc2ccccc2)CC1CNC(=O)OC(C)(C)C. The average molecular weight is 362 g/mol. The molecule has 1 saturated heterocycles. The van der Waals surface area contributed by atoms with E-state index in [2.05, 4.69) is 22.3 Å². The van der Waals surface area contributed by atoms with Crippen molar-refractivity contribution in [2.24, 2.45) is 11.8 Å². The molecule has 1 amide bonds. The van der Waals surface area contributed by atoms with Crippen LogP contribution in [0.3, 0.4) is 0 Å². The lowest BCUT2D eigenvalue weighted by Crippen LogP contribution is -2.38. The molecule has 0 bridgehead atoms. The van der Waals surface area contributed by atoms with E-state index in [-0.39, 0.29) is 17.8 Å². The molecule has 6 nitrogen and oxygen atoms in total. The maximum Gasteiger partial charge on any atom is 0.407 e. The molecule has 1 heterocycles. The minimum atomic E-state index is -0.542. The number of benzene rings is 1. The molecule has 2 unspecified atom stereocenters. The van der Waals surface area contributed by atoms with Gasteiger partial charge in [0, 0.05) is 32.1 Å². The Morgan fingerprint density at radius 3 is 2.50 bits per heavy atom. The molecule has 1 aromatic rings. The van der Waals surface area contributed by atoms with Gasteiger partial charge in [0.15, 0.2) is 0 Å². The van der Waals surface area contributed by atoms with Gasteiger partial charge in [-0.3, -0.25) is 9.69 Å². The fourth-order valence-corrected chi connectivity index (χ4v) is 3.18. The highest BCUT2D eigenvalue weighted by Gasteiger charge is 2.38. The Kier molecular flexibility index (Phi) is 7.03. The number of likely N-dealkylation sites (tertiary alicyclic amines) is 1. The maximum atomic E-state index is 12.3. The summed E-state index contributed by atoms with van der Waals surface area (Å²) in [5, 5.41) is 2.80. The molecule has 1 aliphatic rings. The predicted molar refractivity (Wildman–Crippen MR) is 99.6 cm³/mol. The molecular weight excluding hydrogens is 332 g/mol. The molecule has 26 heavy (non-hydrogen) atoms. The molecule has 6 heteroatoms. The first-order valence-electron chi connectivity index (χ1n) is 9.18. The molecule has 0 saturated carbocycles.